The molecule has 34 heavy (non-hydrogen) atoms. The summed E-state index contributed by atoms with van der Waals surface area (Å²) in [6.07, 6.45) is 3.28. The van der Waals surface area contributed by atoms with Gasteiger partial charge in [-0.3, -0.25) is 0 Å². The first kappa shape index (κ1) is 26.1. The molecule has 0 aromatic heterocycles. The molecule has 3 aromatic rings. The van der Waals surface area contributed by atoms with E-state index in [0.717, 1.165) is 78.2 Å². The van der Waals surface area contributed by atoms with Crippen molar-refractivity contribution >= 4 is 0 Å². The molecule has 182 valence electrons. The van der Waals surface area contributed by atoms with Gasteiger partial charge in [-0.15, -0.1) is 0 Å². The fraction of sp³-hybridized carbons (Fsp3) is 0.400. The molecule has 0 heterocycles. The van der Waals surface area contributed by atoms with Crippen molar-refractivity contribution < 1.29 is 0 Å². The molecule has 0 amide bonds. The second-order valence-corrected chi connectivity index (χ2v) is 8.80. The van der Waals surface area contributed by atoms with Gasteiger partial charge in [0.1, 0.15) is 0 Å². The molecule has 0 spiro atoms. The topological polar surface area (TPSA) is 39.3 Å². The Bertz CT molecular complexity index is 855. The minimum absolute atomic E-state index is 1.01. The van der Waals surface area contributed by atoms with Gasteiger partial charge in [0.05, 0.1) is 0 Å². The molecule has 0 fully saturated rings. The zero-order valence-electron chi connectivity index (χ0n) is 20.6. The Morgan fingerprint density at radius 1 is 0.382 bits per heavy atom. The lowest BCUT2D eigenvalue weighted by molar-refractivity contribution is 0.276. The van der Waals surface area contributed by atoms with Crippen molar-refractivity contribution in [3.63, 3.8) is 0 Å². The van der Waals surface area contributed by atoms with Gasteiger partial charge >= 0.3 is 0 Å². The Labute approximate surface area is 206 Å². The number of nitrogens with zero attached hydrogens (tertiary/aromatic N) is 1. The lowest BCUT2D eigenvalue weighted by Crippen LogP contribution is -2.39. The van der Waals surface area contributed by atoms with Crippen LogP contribution in [0, 0.1) is 0 Å². The van der Waals surface area contributed by atoms with Crippen molar-refractivity contribution in [3.05, 3.63) is 108 Å². The Hall–Kier alpha value is -2.50. The summed E-state index contributed by atoms with van der Waals surface area (Å²) in [6.45, 7) is 9.40. The maximum Gasteiger partial charge on any atom is 0.0108 e. The minimum atomic E-state index is 1.01. The first-order valence-electron chi connectivity index (χ1n) is 12.9. The van der Waals surface area contributed by atoms with Gasteiger partial charge in [-0.05, 0) is 49.0 Å². The lowest BCUT2D eigenvalue weighted by Gasteiger charge is -2.23. The molecule has 4 nitrogen and oxygen atoms in total. The normalized spacial score (nSPS) is 11.2. The third-order valence-corrected chi connectivity index (χ3v) is 6.11. The second kappa shape index (κ2) is 17.0. The molecule has 0 atom stereocenters. The number of hydrogen-bond acceptors (Lipinski definition) is 4. The molecule has 3 aromatic carbocycles. The summed E-state index contributed by atoms with van der Waals surface area (Å²) in [5, 5.41) is 10.8. The summed E-state index contributed by atoms with van der Waals surface area (Å²) in [6, 6.07) is 32.2. The molecule has 3 N–H and O–H groups in total. The summed E-state index contributed by atoms with van der Waals surface area (Å²) in [5.41, 5.74) is 4.21. The van der Waals surface area contributed by atoms with Gasteiger partial charge in [-0.1, -0.05) is 91.0 Å². The van der Waals surface area contributed by atoms with E-state index >= 15 is 0 Å². The van der Waals surface area contributed by atoms with Gasteiger partial charge in [-0.25, -0.2) is 0 Å². The van der Waals surface area contributed by atoms with E-state index in [1.807, 2.05) is 0 Å². The largest absolute Gasteiger partial charge is 0.315 e. The highest BCUT2D eigenvalue weighted by molar-refractivity contribution is 5.16. The maximum atomic E-state index is 3.63. The van der Waals surface area contributed by atoms with E-state index in [1.54, 1.807) is 0 Å². The van der Waals surface area contributed by atoms with Crippen LogP contribution in [-0.4, -0.2) is 63.8 Å². The molecule has 0 saturated heterocycles. The first-order chi connectivity index (χ1) is 16.9. The molecule has 0 saturated carbocycles. The van der Waals surface area contributed by atoms with Crippen molar-refractivity contribution in [2.24, 2.45) is 0 Å². The summed E-state index contributed by atoms with van der Waals surface area (Å²) in [4.78, 5) is 2.58. The zero-order chi connectivity index (χ0) is 23.5. The van der Waals surface area contributed by atoms with Gasteiger partial charge in [0.25, 0.3) is 0 Å². The van der Waals surface area contributed by atoms with Crippen LogP contribution in [0.4, 0.5) is 0 Å². The monoisotopic (exact) mass is 458 g/mol. The molecule has 0 unspecified atom stereocenters. The van der Waals surface area contributed by atoms with Crippen LogP contribution in [0.2, 0.25) is 0 Å². The first-order valence-corrected chi connectivity index (χ1v) is 12.9. The van der Waals surface area contributed by atoms with E-state index < -0.39 is 0 Å². The Morgan fingerprint density at radius 3 is 1.24 bits per heavy atom. The Balaban J connectivity index is 1.28. The molecule has 3 rings (SSSR count). The lowest BCUT2D eigenvalue weighted by atomic mass is 10.1. The predicted molar refractivity (Wildman–Crippen MR) is 145 cm³/mol. The summed E-state index contributed by atoms with van der Waals surface area (Å²) in [7, 11) is 0. The van der Waals surface area contributed by atoms with Gasteiger partial charge in [0, 0.05) is 45.8 Å². The highest BCUT2D eigenvalue weighted by atomic mass is 15.1. The average molecular weight is 459 g/mol. The highest BCUT2D eigenvalue weighted by Gasteiger charge is 2.05. The number of rotatable bonds is 18. The minimum Gasteiger partial charge on any atom is -0.315 e. The predicted octanol–water partition coefficient (Wildman–Crippen LogP) is 3.79. The van der Waals surface area contributed by atoms with E-state index in [-0.39, 0.29) is 0 Å². The van der Waals surface area contributed by atoms with Crippen molar-refractivity contribution in [1.82, 2.24) is 20.9 Å². The third kappa shape index (κ3) is 11.6. The van der Waals surface area contributed by atoms with Crippen LogP contribution in [0.15, 0.2) is 91.0 Å². The highest BCUT2D eigenvalue weighted by Crippen LogP contribution is 2.02. The molecule has 0 aliphatic carbocycles. The van der Waals surface area contributed by atoms with Crippen molar-refractivity contribution in [2.45, 2.75) is 19.3 Å². The van der Waals surface area contributed by atoms with Crippen molar-refractivity contribution in [1.29, 1.82) is 0 Å². The fourth-order valence-corrected chi connectivity index (χ4v) is 4.05. The molecule has 0 bridgehead atoms. The summed E-state index contributed by atoms with van der Waals surface area (Å²) >= 11 is 0. The third-order valence-electron chi connectivity index (χ3n) is 6.11. The van der Waals surface area contributed by atoms with Crippen LogP contribution < -0.4 is 16.0 Å². The number of hydrogen-bond donors (Lipinski definition) is 3. The van der Waals surface area contributed by atoms with Crippen LogP contribution in [0.5, 0.6) is 0 Å². The van der Waals surface area contributed by atoms with Gasteiger partial charge in [0.2, 0.25) is 0 Å². The molecular weight excluding hydrogens is 416 g/mol. The molecule has 0 aliphatic rings. The SMILES string of the molecule is c1ccc(CCNCCNCCN(CCNCCc2ccccc2)CCc2ccccc2)cc1. The summed E-state index contributed by atoms with van der Waals surface area (Å²) < 4.78 is 0. The molecule has 4 heteroatoms. The van der Waals surface area contributed by atoms with Crippen LogP contribution in [0.25, 0.3) is 0 Å². The van der Waals surface area contributed by atoms with Crippen molar-refractivity contribution in [2.75, 3.05) is 58.9 Å². The van der Waals surface area contributed by atoms with Gasteiger partial charge < -0.3 is 20.9 Å². The average Bonchev–Trinajstić information content (AvgIpc) is 2.90. The van der Waals surface area contributed by atoms with Crippen LogP contribution in [0.3, 0.4) is 0 Å². The number of benzene rings is 3. The standard InChI is InChI=1S/C30H42N4/c1-4-10-28(11-5-1)16-19-31-21-22-33-24-27-34(25-18-30-14-8-3-9-15-30)26-23-32-20-17-29-12-6-2-7-13-29/h1-15,31-33H,16-27H2. The zero-order valence-corrected chi connectivity index (χ0v) is 20.6. The van der Waals surface area contributed by atoms with E-state index in [4.69, 9.17) is 0 Å². The van der Waals surface area contributed by atoms with Crippen molar-refractivity contribution in [3.8, 4) is 0 Å². The van der Waals surface area contributed by atoms with Gasteiger partial charge in [0.15, 0.2) is 0 Å². The molecule has 0 aliphatic heterocycles. The Morgan fingerprint density at radius 2 is 0.765 bits per heavy atom. The van der Waals surface area contributed by atoms with E-state index in [2.05, 4.69) is 112 Å². The van der Waals surface area contributed by atoms with Gasteiger partial charge in [-0.2, -0.15) is 0 Å². The van der Waals surface area contributed by atoms with E-state index in [1.165, 1.54) is 16.7 Å². The number of nitrogens with one attached hydrogen (secondary N) is 3. The fourth-order valence-electron chi connectivity index (χ4n) is 4.05. The van der Waals surface area contributed by atoms with E-state index in [0.29, 0.717) is 0 Å². The molecular formula is C30H42N4. The van der Waals surface area contributed by atoms with Crippen LogP contribution >= 0.6 is 0 Å². The van der Waals surface area contributed by atoms with Crippen LogP contribution in [-0.2, 0) is 19.3 Å². The van der Waals surface area contributed by atoms with E-state index in [9.17, 15) is 0 Å². The second-order valence-electron chi connectivity index (χ2n) is 8.80. The van der Waals surface area contributed by atoms with Crippen LogP contribution in [0.1, 0.15) is 16.7 Å². The summed E-state index contributed by atoms with van der Waals surface area (Å²) in [5.74, 6) is 0. The molecule has 0 radical (unpaired) electrons. The quantitative estimate of drug-likeness (QED) is 0.254. The maximum absolute atomic E-state index is 3.63. The Kier molecular flexibility index (Phi) is 13.1. The smallest absolute Gasteiger partial charge is 0.0108 e.